The summed E-state index contributed by atoms with van der Waals surface area (Å²) in [7, 11) is 0. The molecular weight excluding hydrogens is 645 g/mol. The van der Waals surface area contributed by atoms with Crippen molar-refractivity contribution in [1.82, 2.24) is 19.5 Å². The Morgan fingerprint density at radius 2 is 0.849 bits per heavy atom. The number of hydrogen-bond acceptors (Lipinski definition) is 3. The largest absolute Gasteiger partial charge is 0.309 e. The van der Waals surface area contributed by atoms with Crippen LogP contribution in [-0.2, 0) is 0 Å². The lowest BCUT2D eigenvalue weighted by Crippen LogP contribution is -2.01. The summed E-state index contributed by atoms with van der Waals surface area (Å²) in [5, 5.41) is 12.2. The molecule has 4 nitrogen and oxygen atoms in total. The van der Waals surface area contributed by atoms with Crippen molar-refractivity contribution >= 4 is 64.9 Å². The zero-order valence-electron chi connectivity index (χ0n) is 28.6. The van der Waals surface area contributed by atoms with Gasteiger partial charge >= 0.3 is 0 Å². The number of benzene rings is 9. The maximum atomic E-state index is 5.19. The van der Waals surface area contributed by atoms with E-state index >= 15 is 0 Å². The molecule has 0 spiro atoms. The van der Waals surface area contributed by atoms with Gasteiger partial charge in [0.05, 0.1) is 11.0 Å². The fourth-order valence-electron chi connectivity index (χ4n) is 8.02. The van der Waals surface area contributed by atoms with Gasteiger partial charge in [0, 0.05) is 33.2 Å². The van der Waals surface area contributed by atoms with E-state index in [1.54, 1.807) is 0 Å². The highest BCUT2D eigenvalue weighted by Crippen LogP contribution is 2.37. The minimum absolute atomic E-state index is 0.630. The minimum atomic E-state index is 0.630. The van der Waals surface area contributed by atoms with E-state index in [0.29, 0.717) is 17.5 Å². The Balaban J connectivity index is 1.11. The summed E-state index contributed by atoms with van der Waals surface area (Å²) in [6, 6.07) is 64.6. The van der Waals surface area contributed by atoms with Crippen LogP contribution < -0.4 is 0 Å². The second-order valence-corrected chi connectivity index (χ2v) is 13.7. The van der Waals surface area contributed by atoms with E-state index in [1.165, 1.54) is 59.4 Å². The second kappa shape index (κ2) is 11.7. The Kier molecular flexibility index (Phi) is 6.52. The van der Waals surface area contributed by atoms with Crippen LogP contribution in [0.25, 0.3) is 105 Å². The predicted molar refractivity (Wildman–Crippen MR) is 220 cm³/mol. The van der Waals surface area contributed by atoms with Crippen molar-refractivity contribution in [3.05, 3.63) is 182 Å². The molecule has 0 atom stereocenters. The third kappa shape index (κ3) is 4.80. The Morgan fingerprint density at radius 1 is 0.283 bits per heavy atom. The highest BCUT2D eigenvalue weighted by Gasteiger charge is 2.17. The van der Waals surface area contributed by atoms with Crippen molar-refractivity contribution in [2.75, 3.05) is 0 Å². The van der Waals surface area contributed by atoms with E-state index in [9.17, 15) is 0 Å². The SMILES string of the molecule is c1ccc(-c2nc(-c3cccc(-n4c5ccccc5c5cc6ccccc6cc54)c3)nc(-c3ccc4ccc5c6ccccc6ccc5c4c3)n2)cc1. The summed E-state index contributed by atoms with van der Waals surface area (Å²) in [5.41, 5.74) is 6.20. The van der Waals surface area contributed by atoms with Crippen molar-refractivity contribution in [2.24, 2.45) is 0 Å². The van der Waals surface area contributed by atoms with Crippen LogP contribution in [0.3, 0.4) is 0 Å². The van der Waals surface area contributed by atoms with Crippen molar-refractivity contribution < 1.29 is 0 Å². The molecule has 2 aromatic heterocycles. The fraction of sp³-hybridized carbons (Fsp3) is 0. The molecule has 11 aromatic rings. The molecule has 4 heteroatoms. The van der Waals surface area contributed by atoms with Crippen molar-refractivity contribution in [3.8, 4) is 39.9 Å². The number of nitrogens with zero attached hydrogens (tertiary/aromatic N) is 4. The summed E-state index contributed by atoms with van der Waals surface area (Å²) in [6.07, 6.45) is 0. The molecule has 0 aliphatic heterocycles. The Labute approximate surface area is 305 Å². The van der Waals surface area contributed by atoms with Crippen molar-refractivity contribution in [3.63, 3.8) is 0 Å². The first-order chi connectivity index (χ1) is 26.2. The van der Waals surface area contributed by atoms with Gasteiger partial charge in [0.2, 0.25) is 0 Å². The van der Waals surface area contributed by atoms with Crippen LogP contribution in [-0.4, -0.2) is 19.5 Å². The smallest absolute Gasteiger partial charge is 0.164 e. The molecule has 53 heavy (non-hydrogen) atoms. The molecule has 0 N–H and O–H groups in total. The standard InChI is InChI=1S/C49H30N4/c1-2-12-33(13-3-1)47-50-48(52-49(51-47)37-22-21-32-24-25-40-39-18-7-6-11-31(39)23-26-41(40)43(32)29-37)36-16-10-17-38(27-36)53-45-20-9-8-19-42(45)44-28-34-14-4-5-15-35(34)30-46(44)53/h1-30H. The predicted octanol–water partition coefficient (Wildman–Crippen LogP) is 12.6. The lowest BCUT2D eigenvalue weighted by molar-refractivity contribution is 1.07. The number of hydrogen-bond donors (Lipinski definition) is 0. The zero-order valence-corrected chi connectivity index (χ0v) is 28.6. The summed E-state index contributed by atoms with van der Waals surface area (Å²) >= 11 is 0. The molecule has 0 radical (unpaired) electrons. The molecule has 9 aromatic carbocycles. The Hall–Kier alpha value is -7.17. The Morgan fingerprint density at radius 3 is 1.64 bits per heavy atom. The maximum absolute atomic E-state index is 5.19. The van der Waals surface area contributed by atoms with E-state index in [-0.39, 0.29) is 0 Å². The van der Waals surface area contributed by atoms with E-state index in [0.717, 1.165) is 27.9 Å². The molecule has 0 unspecified atom stereocenters. The van der Waals surface area contributed by atoms with Crippen LogP contribution in [0.4, 0.5) is 0 Å². The first kappa shape index (κ1) is 29.5. The summed E-state index contributed by atoms with van der Waals surface area (Å²) in [4.78, 5) is 15.4. The third-order valence-electron chi connectivity index (χ3n) is 10.6. The molecule has 0 amide bonds. The zero-order chi connectivity index (χ0) is 34.9. The van der Waals surface area contributed by atoms with Gasteiger partial charge in [0.25, 0.3) is 0 Å². The van der Waals surface area contributed by atoms with Gasteiger partial charge in [-0.2, -0.15) is 0 Å². The van der Waals surface area contributed by atoms with E-state index in [1.807, 2.05) is 18.2 Å². The van der Waals surface area contributed by atoms with Gasteiger partial charge in [-0.05, 0) is 79.5 Å². The highest BCUT2D eigenvalue weighted by atomic mass is 15.0. The summed E-state index contributed by atoms with van der Waals surface area (Å²) in [6.45, 7) is 0. The maximum Gasteiger partial charge on any atom is 0.164 e. The molecule has 0 saturated carbocycles. The monoisotopic (exact) mass is 674 g/mol. The number of fused-ring (bicyclic) bond motifs is 9. The molecule has 0 aliphatic rings. The lowest BCUT2D eigenvalue weighted by Gasteiger charge is -2.12. The van der Waals surface area contributed by atoms with Crippen molar-refractivity contribution in [2.45, 2.75) is 0 Å². The van der Waals surface area contributed by atoms with E-state index in [2.05, 4.69) is 168 Å². The quantitative estimate of drug-likeness (QED) is 0.175. The normalized spacial score (nSPS) is 11.8. The first-order valence-corrected chi connectivity index (χ1v) is 17.9. The van der Waals surface area contributed by atoms with Crippen LogP contribution in [0.5, 0.6) is 0 Å². The van der Waals surface area contributed by atoms with Crippen LogP contribution in [0.1, 0.15) is 0 Å². The Bertz CT molecular complexity index is 3230. The molecule has 11 rings (SSSR count). The number of aromatic nitrogens is 4. The fourth-order valence-corrected chi connectivity index (χ4v) is 8.02. The van der Waals surface area contributed by atoms with Crippen molar-refractivity contribution in [1.29, 1.82) is 0 Å². The van der Waals surface area contributed by atoms with Gasteiger partial charge in [0.15, 0.2) is 17.5 Å². The molecule has 246 valence electrons. The summed E-state index contributed by atoms with van der Waals surface area (Å²) < 4.78 is 2.36. The summed E-state index contributed by atoms with van der Waals surface area (Å²) in [5.74, 6) is 1.91. The second-order valence-electron chi connectivity index (χ2n) is 13.7. The minimum Gasteiger partial charge on any atom is -0.309 e. The average molecular weight is 675 g/mol. The van der Waals surface area contributed by atoms with Crippen LogP contribution in [0, 0.1) is 0 Å². The molecule has 0 saturated heterocycles. The van der Waals surface area contributed by atoms with Crippen LogP contribution in [0.2, 0.25) is 0 Å². The molecule has 2 heterocycles. The van der Waals surface area contributed by atoms with E-state index < -0.39 is 0 Å². The van der Waals surface area contributed by atoms with Gasteiger partial charge in [-0.1, -0.05) is 146 Å². The van der Waals surface area contributed by atoms with Gasteiger partial charge in [0.1, 0.15) is 0 Å². The number of para-hydroxylation sites is 1. The van der Waals surface area contributed by atoms with Crippen LogP contribution >= 0.6 is 0 Å². The van der Waals surface area contributed by atoms with Crippen LogP contribution in [0.15, 0.2) is 182 Å². The van der Waals surface area contributed by atoms with Gasteiger partial charge in [-0.25, -0.2) is 15.0 Å². The average Bonchev–Trinajstić information content (AvgIpc) is 3.55. The van der Waals surface area contributed by atoms with E-state index in [4.69, 9.17) is 15.0 Å². The highest BCUT2D eigenvalue weighted by molar-refractivity contribution is 6.18. The topological polar surface area (TPSA) is 43.6 Å². The molecular formula is C49H30N4. The van der Waals surface area contributed by atoms with Gasteiger partial charge in [-0.3, -0.25) is 0 Å². The molecule has 0 fully saturated rings. The number of rotatable bonds is 4. The van der Waals surface area contributed by atoms with Gasteiger partial charge in [-0.15, -0.1) is 0 Å². The lowest BCUT2D eigenvalue weighted by atomic mass is 9.96. The van der Waals surface area contributed by atoms with Gasteiger partial charge < -0.3 is 4.57 Å². The molecule has 0 bridgehead atoms. The third-order valence-corrected chi connectivity index (χ3v) is 10.6. The first-order valence-electron chi connectivity index (χ1n) is 17.9. The molecule has 0 aliphatic carbocycles.